The van der Waals surface area contributed by atoms with Crippen LogP contribution < -0.4 is 5.32 Å². The van der Waals surface area contributed by atoms with Crippen molar-refractivity contribution in [2.75, 3.05) is 31.6 Å². The van der Waals surface area contributed by atoms with E-state index in [4.69, 9.17) is 11.6 Å². The number of aldehydes is 1. The number of fused-ring (bicyclic) bond motifs is 1. The molecule has 3 aromatic rings. The maximum absolute atomic E-state index is 12.7. The molecular formula is C26H29ClF2N4O3S. The van der Waals surface area contributed by atoms with Gasteiger partial charge < -0.3 is 14.8 Å². The second-order valence-corrected chi connectivity index (χ2v) is 11.6. The van der Waals surface area contributed by atoms with Gasteiger partial charge in [0, 0.05) is 93.9 Å². The van der Waals surface area contributed by atoms with Crippen LogP contribution in [0.25, 0.3) is 16.7 Å². The number of halogens is 3. The van der Waals surface area contributed by atoms with Gasteiger partial charge in [-0.25, -0.2) is 13.8 Å². The van der Waals surface area contributed by atoms with Crippen LogP contribution in [-0.4, -0.2) is 74.5 Å². The third kappa shape index (κ3) is 7.21. The smallest absolute Gasteiger partial charge is 0.251 e. The largest absolute Gasteiger partial charge is 0.349 e. The second-order valence-electron chi connectivity index (χ2n) is 9.44. The molecule has 2 aliphatic rings. The fraction of sp³-hybridized carbons (Fsp3) is 0.423. The number of hydrogen-bond donors (Lipinski definition) is 1. The summed E-state index contributed by atoms with van der Waals surface area (Å²) in [5, 5.41) is 4.28. The molecule has 1 amide bonds. The molecule has 1 N–H and O–H groups in total. The predicted molar refractivity (Wildman–Crippen MR) is 142 cm³/mol. The summed E-state index contributed by atoms with van der Waals surface area (Å²) >= 11 is 6.27. The number of alkyl halides is 2. The van der Waals surface area contributed by atoms with Gasteiger partial charge in [0.25, 0.3) is 11.8 Å². The standard InChI is InChI=1S/C20H18ClN3O3S.C6H11F2N/c21-16-8-15(20(26)23-17-2-5-28(27)6-3-17)9-18(10-16)24-4-1-14-7-13(12-25)11-22-19(14)24;1-9-4-2-6(7,8)3-5-9/h1,4,7-12,17H,2-3,5-6H2,(H,23,26);2-5H2,1H3. The summed E-state index contributed by atoms with van der Waals surface area (Å²) in [6.45, 7) is 1.07. The van der Waals surface area contributed by atoms with Crippen LogP contribution in [0.4, 0.5) is 8.78 Å². The predicted octanol–water partition coefficient (Wildman–Crippen LogP) is 4.48. The number of rotatable bonds is 4. The van der Waals surface area contributed by atoms with E-state index in [0.717, 1.165) is 24.5 Å². The van der Waals surface area contributed by atoms with Gasteiger partial charge in [0.15, 0.2) is 6.29 Å². The molecular weight excluding hydrogens is 522 g/mol. The molecule has 0 aliphatic carbocycles. The van der Waals surface area contributed by atoms with Crippen LogP contribution in [0.5, 0.6) is 0 Å². The van der Waals surface area contributed by atoms with E-state index in [1.807, 2.05) is 28.8 Å². The van der Waals surface area contributed by atoms with Gasteiger partial charge in [-0.2, -0.15) is 0 Å². The number of likely N-dealkylation sites (tertiary alicyclic amines) is 1. The normalized spacial score (nSPS) is 21.6. The SMILES string of the molecule is CN1CCC(F)(F)CC1.O=Cc1cnc2c(ccn2-c2cc(Cl)cc(C(=O)NC3CCS(=O)CC3)c2)c1. The molecule has 37 heavy (non-hydrogen) atoms. The number of carbonyl (C=O) groups excluding carboxylic acids is 2. The molecule has 4 heterocycles. The van der Waals surface area contributed by atoms with Crippen molar-refractivity contribution in [1.82, 2.24) is 19.8 Å². The molecule has 2 saturated heterocycles. The summed E-state index contributed by atoms with van der Waals surface area (Å²) in [6.07, 6.45) is 5.60. The highest BCUT2D eigenvalue weighted by molar-refractivity contribution is 7.85. The third-order valence-electron chi connectivity index (χ3n) is 6.55. The molecule has 0 atom stereocenters. The van der Waals surface area contributed by atoms with Crippen molar-refractivity contribution in [2.45, 2.75) is 37.6 Å². The zero-order valence-electron chi connectivity index (χ0n) is 20.5. The number of pyridine rings is 1. The summed E-state index contributed by atoms with van der Waals surface area (Å²) in [5.74, 6) is -1.34. The number of hydrogen-bond acceptors (Lipinski definition) is 5. The van der Waals surface area contributed by atoms with Gasteiger partial charge in [-0.1, -0.05) is 11.6 Å². The minimum atomic E-state index is -2.38. The van der Waals surface area contributed by atoms with Crippen molar-refractivity contribution < 1.29 is 22.6 Å². The molecule has 0 spiro atoms. The summed E-state index contributed by atoms with van der Waals surface area (Å²) < 4.78 is 38.0. The van der Waals surface area contributed by atoms with E-state index in [1.54, 1.807) is 24.3 Å². The number of amides is 1. The van der Waals surface area contributed by atoms with Gasteiger partial charge >= 0.3 is 0 Å². The fourth-order valence-corrected chi connectivity index (χ4v) is 5.84. The molecule has 2 aromatic heterocycles. The zero-order valence-corrected chi connectivity index (χ0v) is 22.0. The molecule has 198 valence electrons. The molecule has 2 fully saturated rings. The van der Waals surface area contributed by atoms with Crippen LogP contribution in [-0.2, 0) is 10.8 Å². The Hall–Kier alpha value is -2.69. The van der Waals surface area contributed by atoms with Gasteiger partial charge in [0.1, 0.15) is 5.65 Å². The molecule has 0 saturated carbocycles. The van der Waals surface area contributed by atoms with E-state index in [1.165, 1.54) is 6.20 Å². The van der Waals surface area contributed by atoms with Crippen molar-refractivity contribution in [3.05, 3.63) is 58.9 Å². The first kappa shape index (κ1) is 27.3. The summed E-state index contributed by atoms with van der Waals surface area (Å²) in [4.78, 5) is 29.9. The van der Waals surface area contributed by atoms with Crippen molar-refractivity contribution in [3.63, 3.8) is 0 Å². The highest BCUT2D eigenvalue weighted by atomic mass is 35.5. The van der Waals surface area contributed by atoms with Gasteiger partial charge in [0.2, 0.25) is 0 Å². The number of nitrogens with zero attached hydrogens (tertiary/aromatic N) is 3. The number of aromatic nitrogens is 2. The number of benzene rings is 1. The highest BCUT2D eigenvalue weighted by Crippen LogP contribution is 2.27. The lowest BCUT2D eigenvalue weighted by atomic mass is 10.1. The van der Waals surface area contributed by atoms with Gasteiger partial charge in [0.05, 0.1) is 0 Å². The van der Waals surface area contributed by atoms with E-state index < -0.39 is 16.7 Å². The summed E-state index contributed by atoms with van der Waals surface area (Å²) in [5.41, 5.74) is 2.35. The third-order valence-corrected chi connectivity index (χ3v) is 8.15. The van der Waals surface area contributed by atoms with Crippen molar-refractivity contribution in [1.29, 1.82) is 0 Å². The molecule has 0 unspecified atom stereocenters. The maximum atomic E-state index is 12.7. The molecule has 5 rings (SSSR count). The van der Waals surface area contributed by atoms with Crippen LogP contribution in [0, 0.1) is 0 Å². The zero-order chi connectivity index (χ0) is 26.6. The highest BCUT2D eigenvalue weighted by Gasteiger charge is 2.32. The van der Waals surface area contributed by atoms with Gasteiger partial charge in [-0.15, -0.1) is 0 Å². The Kier molecular flexibility index (Phi) is 8.71. The topological polar surface area (TPSA) is 84.3 Å². The Morgan fingerprint density at radius 1 is 1.19 bits per heavy atom. The van der Waals surface area contributed by atoms with Crippen LogP contribution in [0.3, 0.4) is 0 Å². The lowest BCUT2D eigenvalue weighted by molar-refractivity contribution is -0.0504. The summed E-state index contributed by atoms with van der Waals surface area (Å²) in [6, 6.07) is 8.80. The second kappa shape index (κ2) is 11.8. The first-order valence-corrected chi connectivity index (χ1v) is 14.0. The van der Waals surface area contributed by atoms with Gasteiger partial charge in [-0.05, 0) is 50.2 Å². The lowest BCUT2D eigenvalue weighted by Gasteiger charge is -2.28. The number of nitrogens with one attached hydrogen (secondary N) is 1. The fourth-order valence-electron chi connectivity index (χ4n) is 4.31. The van der Waals surface area contributed by atoms with Gasteiger partial charge in [-0.3, -0.25) is 13.8 Å². The first-order chi connectivity index (χ1) is 17.6. The van der Waals surface area contributed by atoms with Crippen molar-refractivity contribution in [3.8, 4) is 5.69 Å². The van der Waals surface area contributed by atoms with E-state index in [-0.39, 0.29) is 24.8 Å². The van der Waals surface area contributed by atoms with Crippen LogP contribution in [0.1, 0.15) is 46.4 Å². The average Bonchev–Trinajstić information content (AvgIpc) is 3.30. The minimum Gasteiger partial charge on any atom is -0.349 e. The van der Waals surface area contributed by atoms with Crippen molar-refractivity contribution >= 4 is 45.6 Å². The number of carbonyl (C=O) groups is 2. The average molecular weight is 551 g/mol. The Labute approximate surface area is 221 Å². The molecule has 7 nitrogen and oxygen atoms in total. The first-order valence-electron chi connectivity index (χ1n) is 12.1. The van der Waals surface area contributed by atoms with Crippen LogP contribution in [0.15, 0.2) is 42.7 Å². The van der Waals surface area contributed by atoms with E-state index >= 15 is 0 Å². The Morgan fingerprint density at radius 3 is 2.54 bits per heavy atom. The molecule has 11 heteroatoms. The number of piperidine rings is 1. The molecule has 0 radical (unpaired) electrons. The maximum Gasteiger partial charge on any atom is 0.251 e. The van der Waals surface area contributed by atoms with E-state index in [0.29, 0.717) is 52.1 Å². The Bertz CT molecular complexity index is 1300. The summed E-state index contributed by atoms with van der Waals surface area (Å²) in [7, 11) is 1.10. The van der Waals surface area contributed by atoms with E-state index in [9.17, 15) is 22.6 Å². The minimum absolute atomic E-state index is 0.0310. The lowest BCUT2D eigenvalue weighted by Crippen LogP contribution is -2.39. The van der Waals surface area contributed by atoms with Crippen LogP contribution in [0.2, 0.25) is 5.02 Å². The molecule has 2 aliphatic heterocycles. The van der Waals surface area contributed by atoms with Crippen LogP contribution >= 0.6 is 11.6 Å². The Balaban J connectivity index is 0.000000301. The Morgan fingerprint density at radius 2 is 1.89 bits per heavy atom. The monoisotopic (exact) mass is 550 g/mol. The van der Waals surface area contributed by atoms with E-state index in [2.05, 4.69) is 10.3 Å². The van der Waals surface area contributed by atoms with Crippen molar-refractivity contribution in [2.24, 2.45) is 0 Å². The molecule has 0 bridgehead atoms. The molecule has 1 aromatic carbocycles. The quantitative estimate of drug-likeness (QED) is 0.484.